The summed E-state index contributed by atoms with van der Waals surface area (Å²) in [5.41, 5.74) is 1.82. The van der Waals surface area contributed by atoms with Crippen LogP contribution in [0.2, 0.25) is 5.02 Å². The second-order valence-electron chi connectivity index (χ2n) is 7.17. The molecule has 0 aliphatic rings. The van der Waals surface area contributed by atoms with Gasteiger partial charge in [0.15, 0.2) is 0 Å². The number of likely N-dealkylation sites (N-methyl/N-ethyl adjacent to an activating group) is 1. The molecule has 0 bridgehead atoms. The molecule has 3 aromatic carbocycles. The smallest absolute Gasteiger partial charge is 0.336 e. The number of benzene rings is 3. The van der Waals surface area contributed by atoms with Gasteiger partial charge < -0.3 is 5.32 Å². The zero-order valence-electron chi connectivity index (χ0n) is 16.8. The maximum absolute atomic E-state index is 13.4. The fraction of sp³-hybridized carbons (Fsp3) is 0.125. The molecule has 1 heterocycles. The second-order valence-corrected chi connectivity index (χ2v) is 7.61. The van der Waals surface area contributed by atoms with Gasteiger partial charge in [-0.3, -0.25) is 14.2 Å². The molecule has 31 heavy (non-hydrogen) atoms. The van der Waals surface area contributed by atoms with Crippen molar-refractivity contribution in [3.63, 3.8) is 0 Å². The first-order valence-electron chi connectivity index (χ1n) is 9.77. The van der Waals surface area contributed by atoms with Crippen LogP contribution < -0.4 is 16.6 Å². The zero-order valence-corrected chi connectivity index (χ0v) is 17.6. The Morgan fingerprint density at radius 1 is 0.935 bits per heavy atom. The Morgan fingerprint density at radius 2 is 1.68 bits per heavy atom. The fourth-order valence-corrected chi connectivity index (χ4v) is 3.77. The van der Waals surface area contributed by atoms with E-state index < -0.39 is 5.69 Å². The molecule has 4 aromatic rings. The lowest BCUT2D eigenvalue weighted by Crippen LogP contribution is -2.39. The first kappa shape index (κ1) is 20.6. The Kier molecular flexibility index (Phi) is 5.73. The molecule has 1 aromatic heterocycles. The van der Waals surface area contributed by atoms with Crippen molar-refractivity contribution in [1.29, 1.82) is 0 Å². The number of amides is 1. The van der Waals surface area contributed by atoms with Crippen molar-refractivity contribution in [1.82, 2.24) is 14.5 Å². The van der Waals surface area contributed by atoms with Crippen LogP contribution >= 0.6 is 11.6 Å². The minimum absolute atomic E-state index is 0.112. The maximum atomic E-state index is 13.4. The molecule has 0 aliphatic carbocycles. The average molecular weight is 434 g/mol. The number of nitrogens with zero attached hydrogens (tertiary/aromatic N) is 2. The van der Waals surface area contributed by atoms with E-state index in [1.54, 1.807) is 72.3 Å². The third-order valence-corrected chi connectivity index (χ3v) is 5.35. The zero-order chi connectivity index (χ0) is 22.0. The van der Waals surface area contributed by atoms with Crippen LogP contribution in [-0.4, -0.2) is 22.1 Å². The van der Waals surface area contributed by atoms with Gasteiger partial charge >= 0.3 is 5.69 Å². The molecule has 0 spiro atoms. The van der Waals surface area contributed by atoms with Crippen LogP contribution in [0.25, 0.3) is 16.6 Å². The van der Waals surface area contributed by atoms with E-state index >= 15 is 0 Å². The van der Waals surface area contributed by atoms with Gasteiger partial charge in [-0.1, -0.05) is 48.0 Å². The molecule has 7 heteroatoms. The van der Waals surface area contributed by atoms with E-state index in [-0.39, 0.29) is 24.4 Å². The number of rotatable bonds is 5. The first-order chi connectivity index (χ1) is 15.0. The number of hydrogen-bond acceptors (Lipinski definition) is 3. The lowest BCUT2D eigenvalue weighted by atomic mass is 10.1. The Labute approximate surface area is 183 Å². The lowest BCUT2D eigenvalue weighted by molar-refractivity contribution is -0.119. The van der Waals surface area contributed by atoms with Gasteiger partial charge in [0.25, 0.3) is 5.56 Å². The summed E-state index contributed by atoms with van der Waals surface area (Å²) < 4.78 is 2.73. The molecule has 0 fully saturated rings. The van der Waals surface area contributed by atoms with Gasteiger partial charge in [-0.15, -0.1) is 0 Å². The number of halogens is 1. The minimum Gasteiger partial charge on any atom is -0.359 e. The molecule has 1 N–H and O–H groups in total. The van der Waals surface area contributed by atoms with Crippen LogP contribution in [0, 0.1) is 0 Å². The van der Waals surface area contributed by atoms with Crippen LogP contribution in [0.3, 0.4) is 0 Å². The molecule has 0 atom stereocenters. The van der Waals surface area contributed by atoms with Gasteiger partial charge in [-0.2, -0.15) is 0 Å². The van der Waals surface area contributed by atoms with Crippen molar-refractivity contribution in [3.05, 3.63) is 110 Å². The predicted octanol–water partition coefficient (Wildman–Crippen LogP) is 3.14. The molecular formula is C24H20ClN3O3. The molecule has 6 nitrogen and oxygen atoms in total. The minimum atomic E-state index is -0.442. The standard InChI is InChI=1S/C24H20ClN3O3/c1-26-22(29)14-16-9-11-19(12-10-16)28-23(30)20-7-2-3-8-21(20)27(24(28)31)15-17-5-4-6-18(25)13-17/h2-13H,14-15H2,1H3,(H,26,29). The van der Waals surface area contributed by atoms with Crippen LogP contribution in [0.15, 0.2) is 82.4 Å². The number of fused-ring (bicyclic) bond motifs is 1. The molecule has 4 rings (SSSR count). The SMILES string of the molecule is CNC(=O)Cc1ccc(-n2c(=O)c3ccccc3n(Cc3cccc(Cl)c3)c2=O)cc1. The number of carbonyl (C=O) groups is 1. The quantitative estimate of drug-likeness (QED) is 0.525. The fourth-order valence-electron chi connectivity index (χ4n) is 3.56. The Balaban J connectivity index is 1.87. The molecule has 0 aliphatic heterocycles. The summed E-state index contributed by atoms with van der Waals surface area (Å²) >= 11 is 6.11. The van der Waals surface area contributed by atoms with Gasteiger partial charge in [-0.25, -0.2) is 9.36 Å². The van der Waals surface area contributed by atoms with E-state index in [9.17, 15) is 14.4 Å². The molecule has 0 radical (unpaired) electrons. The van der Waals surface area contributed by atoms with E-state index in [0.717, 1.165) is 15.7 Å². The predicted molar refractivity (Wildman–Crippen MR) is 122 cm³/mol. The number of hydrogen-bond donors (Lipinski definition) is 1. The van der Waals surface area contributed by atoms with Crippen molar-refractivity contribution < 1.29 is 4.79 Å². The summed E-state index contributed by atoms with van der Waals surface area (Å²) in [6.07, 6.45) is 0.225. The maximum Gasteiger partial charge on any atom is 0.336 e. The first-order valence-corrected chi connectivity index (χ1v) is 10.1. The number of aromatic nitrogens is 2. The largest absolute Gasteiger partial charge is 0.359 e. The van der Waals surface area contributed by atoms with Gasteiger partial charge in [0, 0.05) is 12.1 Å². The molecule has 156 valence electrons. The summed E-state index contributed by atoms with van der Waals surface area (Å²) in [5.74, 6) is -0.112. The average Bonchev–Trinajstić information content (AvgIpc) is 2.78. The summed E-state index contributed by atoms with van der Waals surface area (Å²) in [7, 11) is 1.58. The van der Waals surface area contributed by atoms with Gasteiger partial charge in [0.05, 0.1) is 29.6 Å². The highest BCUT2D eigenvalue weighted by atomic mass is 35.5. The Morgan fingerprint density at radius 3 is 2.39 bits per heavy atom. The van der Waals surface area contributed by atoms with Crippen molar-refractivity contribution >= 4 is 28.4 Å². The highest BCUT2D eigenvalue weighted by Gasteiger charge is 2.15. The summed E-state index contributed by atoms with van der Waals surface area (Å²) in [6, 6.07) is 21.2. The number of nitrogens with one attached hydrogen (secondary N) is 1. The highest BCUT2D eigenvalue weighted by Crippen LogP contribution is 2.15. The van der Waals surface area contributed by atoms with Gasteiger partial charge in [-0.05, 0) is 47.5 Å². The van der Waals surface area contributed by atoms with Crippen LogP contribution in [0.1, 0.15) is 11.1 Å². The lowest BCUT2D eigenvalue weighted by Gasteiger charge is -2.15. The highest BCUT2D eigenvalue weighted by molar-refractivity contribution is 6.30. The third kappa shape index (κ3) is 4.15. The van der Waals surface area contributed by atoms with Crippen LogP contribution in [-0.2, 0) is 17.8 Å². The van der Waals surface area contributed by atoms with Crippen molar-refractivity contribution in [2.45, 2.75) is 13.0 Å². The molecule has 1 amide bonds. The van der Waals surface area contributed by atoms with E-state index in [2.05, 4.69) is 5.32 Å². The van der Waals surface area contributed by atoms with Crippen molar-refractivity contribution in [2.75, 3.05) is 7.05 Å². The van der Waals surface area contributed by atoms with Crippen LogP contribution in [0.4, 0.5) is 0 Å². The second kappa shape index (κ2) is 8.62. The topological polar surface area (TPSA) is 73.1 Å². The number of para-hydroxylation sites is 1. The van der Waals surface area contributed by atoms with E-state index in [4.69, 9.17) is 11.6 Å². The molecule has 0 unspecified atom stereocenters. The number of carbonyl (C=O) groups excluding carboxylic acids is 1. The monoisotopic (exact) mass is 433 g/mol. The van der Waals surface area contributed by atoms with E-state index in [0.29, 0.717) is 21.6 Å². The normalized spacial score (nSPS) is 10.9. The van der Waals surface area contributed by atoms with E-state index in [1.165, 1.54) is 0 Å². The summed E-state index contributed by atoms with van der Waals surface area (Å²) in [6.45, 7) is 0.273. The molecule has 0 saturated heterocycles. The van der Waals surface area contributed by atoms with Gasteiger partial charge in [0.1, 0.15) is 0 Å². The summed E-state index contributed by atoms with van der Waals surface area (Å²) in [5, 5.41) is 3.60. The molecular weight excluding hydrogens is 414 g/mol. The van der Waals surface area contributed by atoms with E-state index in [1.807, 2.05) is 12.1 Å². The van der Waals surface area contributed by atoms with Crippen molar-refractivity contribution in [2.24, 2.45) is 0 Å². The van der Waals surface area contributed by atoms with Crippen LogP contribution in [0.5, 0.6) is 0 Å². The van der Waals surface area contributed by atoms with Gasteiger partial charge in [0.2, 0.25) is 5.91 Å². The summed E-state index contributed by atoms with van der Waals surface area (Å²) in [4.78, 5) is 38.2. The Hall–Kier alpha value is -3.64. The Bertz CT molecular complexity index is 1390. The third-order valence-electron chi connectivity index (χ3n) is 5.12. The molecule has 0 saturated carbocycles. The van der Waals surface area contributed by atoms with Crippen molar-refractivity contribution in [3.8, 4) is 5.69 Å².